The number of nitrogens with zero attached hydrogens (tertiary/aromatic N) is 2. The highest BCUT2D eigenvalue weighted by atomic mass is 35.5. The van der Waals surface area contributed by atoms with Crippen molar-refractivity contribution < 1.29 is 22.6 Å². The summed E-state index contributed by atoms with van der Waals surface area (Å²) in [5, 5.41) is 2.98. The number of nitrogens with one attached hydrogen (secondary N) is 1. The van der Waals surface area contributed by atoms with Crippen LogP contribution in [-0.4, -0.2) is 21.8 Å². The lowest BCUT2D eigenvalue weighted by Gasteiger charge is -2.27. The first-order chi connectivity index (χ1) is 15.3. The molecule has 10 heteroatoms. The molecule has 2 heterocycles. The molecule has 1 aliphatic rings. The molecule has 166 valence electrons. The largest absolute Gasteiger partial charge is 0.454 e. The molecule has 0 saturated heterocycles. The van der Waals surface area contributed by atoms with Crippen LogP contribution in [0, 0.1) is 0 Å². The molecule has 4 rings (SSSR count). The number of aromatic nitrogens is 1. The number of hydrogen-bond donors (Lipinski definition) is 1. The minimum Gasteiger partial charge on any atom is -0.454 e. The van der Waals surface area contributed by atoms with Gasteiger partial charge in [0.15, 0.2) is 16.6 Å². The van der Waals surface area contributed by atoms with Crippen molar-refractivity contribution in [3.8, 4) is 11.5 Å². The van der Waals surface area contributed by atoms with Crippen LogP contribution in [0.5, 0.6) is 11.5 Å². The molecule has 0 unspecified atom stereocenters. The van der Waals surface area contributed by atoms with E-state index in [0.717, 1.165) is 11.6 Å². The first-order valence-corrected chi connectivity index (χ1v) is 10.3. The second-order valence-electron chi connectivity index (χ2n) is 6.98. The number of fused-ring (bicyclic) bond motifs is 1. The number of pyridine rings is 1. The van der Waals surface area contributed by atoms with E-state index in [2.05, 4.69) is 10.3 Å². The van der Waals surface area contributed by atoms with Gasteiger partial charge >= 0.3 is 6.18 Å². The molecule has 1 aliphatic heterocycles. The molecule has 3 aromatic rings. The fourth-order valence-electron chi connectivity index (χ4n) is 3.21. The Balaban J connectivity index is 1.61. The van der Waals surface area contributed by atoms with E-state index in [-0.39, 0.29) is 29.2 Å². The SMILES string of the molecule is FC(F)(F)c1ccc(Cl)cc1NC(=S)N(Cc1ccc2c(c1)OCO2)Cc1ccccn1. The fourth-order valence-corrected chi connectivity index (χ4v) is 3.62. The highest BCUT2D eigenvalue weighted by Crippen LogP contribution is 2.37. The van der Waals surface area contributed by atoms with Gasteiger partial charge in [-0.05, 0) is 60.2 Å². The van der Waals surface area contributed by atoms with Crippen LogP contribution in [0.4, 0.5) is 18.9 Å². The molecule has 32 heavy (non-hydrogen) atoms. The average molecular weight is 480 g/mol. The van der Waals surface area contributed by atoms with Crippen LogP contribution >= 0.6 is 23.8 Å². The zero-order chi connectivity index (χ0) is 22.7. The average Bonchev–Trinajstić information content (AvgIpc) is 3.21. The summed E-state index contributed by atoms with van der Waals surface area (Å²) >= 11 is 11.4. The summed E-state index contributed by atoms with van der Waals surface area (Å²) < 4.78 is 51.2. The second-order valence-corrected chi connectivity index (χ2v) is 7.81. The van der Waals surface area contributed by atoms with E-state index in [4.69, 9.17) is 33.3 Å². The Hall–Kier alpha value is -3.04. The molecule has 0 atom stereocenters. The Bertz CT molecular complexity index is 1130. The molecule has 0 fully saturated rings. The van der Waals surface area contributed by atoms with Crippen LogP contribution < -0.4 is 14.8 Å². The molecule has 0 bridgehead atoms. The zero-order valence-electron chi connectivity index (χ0n) is 16.5. The summed E-state index contributed by atoms with van der Waals surface area (Å²) in [6, 6.07) is 14.2. The summed E-state index contributed by atoms with van der Waals surface area (Å²) in [7, 11) is 0. The van der Waals surface area contributed by atoms with Gasteiger partial charge in [0.05, 0.1) is 23.5 Å². The lowest BCUT2D eigenvalue weighted by Crippen LogP contribution is -2.34. The third-order valence-electron chi connectivity index (χ3n) is 4.71. The Labute approximate surface area is 192 Å². The van der Waals surface area contributed by atoms with Crippen molar-refractivity contribution in [1.29, 1.82) is 0 Å². The number of alkyl halides is 3. The highest BCUT2D eigenvalue weighted by Gasteiger charge is 2.34. The summed E-state index contributed by atoms with van der Waals surface area (Å²) in [4.78, 5) is 6.02. The Kier molecular flexibility index (Phi) is 6.38. The number of ether oxygens (including phenoxy) is 2. The van der Waals surface area contributed by atoms with Crippen LogP contribution in [0.3, 0.4) is 0 Å². The van der Waals surface area contributed by atoms with Gasteiger partial charge in [-0.15, -0.1) is 0 Å². The summed E-state index contributed by atoms with van der Waals surface area (Å²) in [5.41, 5.74) is 0.479. The third kappa shape index (κ3) is 5.23. The monoisotopic (exact) mass is 479 g/mol. The number of thiocarbonyl (C=S) groups is 1. The van der Waals surface area contributed by atoms with E-state index in [0.29, 0.717) is 23.7 Å². The number of rotatable bonds is 5. The van der Waals surface area contributed by atoms with Crippen molar-refractivity contribution in [3.05, 3.63) is 82.6 Å². The molecular weight excluding hydrogens is 463 g/mol. The van der Waals surface area contributed by atoms with Gasteiger partial charge < -0.3 is 19.7 Å². The predicted octanol–water partition coefficient (Wildman–Crippen LogP) is 5.88. The minimum atomic E-state index is -4.56. The number of halogens is 4. The second kappa shape index (κ2) is 9.22. The molecule has 0 saturated carbocycles. The minimum absolute atomic E-state index is 0.0982. The topological polar surface area (TPSA) is 46.6 Å². The van der Waals surface area contributed by atoms with Crippen molar-refractivity contribution in [2.45, 2.75) is 19.3 Å². The maximum Gasteiger partial charge on any atom is 0.418 e. The first-order valence-electron chi connectivity index (χ1n) is 9.51. The van der Waals surface area contributed by atoms with Gasteiger partial charge in [0.2, 0.25) is 6.79 Å². The molecule has 1 aromatic heterocycles. The molecule has 0 aliphatic carbocycles. The van der Waals surface area contributed by atoms with Crippen molar-refractivity contribution in [1.82, 2.24) is 9.88 Å². The zero-order valence-corrected chi connectivity index (χ0v) is 18.1. The van der Waals surface area contributed by atoms with Crippen LogP contribution in [0.2, 0.25) is 5.02 Å². The predicted molar refractivity (Wildman–Crippen MR) is 119 cm³/mol. The molecule has 2 aromatic carbocycles. The van der Waals surface area contributed by atoms with E-state index >= 15 is 0 Å². The van der Waals surface area contributed by atoms with E-state index in [1.807, 2.05) is 24.3 Å². The molecule has 0 spiro atoms. The quantitative estimate of drug-likeness (QED) is 0.461. The molecule has 5 nitrogen and oxygen atoms in total. The normalized spacial score (nSPS) is 12.5. The maximum atomic E-state index is 13.5. The molecular formula is C22H17ClF3N3O2S. The number of benzene rings is 2. The highest BCUT2D eigenvalue weighted by molar-refractivity contribution is 7.80. The summed E-state index contributed by atoms with van der Waals surface area (Å²) in [6.07, 6.45) is -2.92. The van der Waals surface area contributed by atoms with Gasteiger partial charge in [-0.2, -0.15) is 13.2 Å². The smallest absolute Gasteiger partial charge is 0.418 e. The Morgan fingerprint density at radius 1 is 1.06 bits per heavy atom. The van der Waals surface area contributed by atoms with Gasteiger partial charge in [-0.3, -0.25) is 4.98 Å². The van der Waals surface area contributed by atoms with Gasteiger partial charge in [-0.1, -0.05) is 23.7 Å². The van der Waals surface area contributed by atoms with Crippen LogP contribution in [0.25, 0.3) is 0 Å². The van der Waals surface area contributed by atoms with Crippen molar-refractivity contribution in [3.63, 3.8) is 0 Å². The maximum absolute atomic E-state index is 13.5. The Morgan fingerprint density at radius 3 is 2.62 bits per heavy atom. The summed E-state index contributed by atoms with van der Waals surface area (Å²) in [6.45, 7) is 0.732. The standard InChI is InChI=1S/C22H17ClF3N3O2S/c23-15-5-6-17(22(24,25)26)18(10-15)28-21(32)29(12-16-3-1-2-8-27-16)11-14-4-7-19-20(9-14)31-13-30-19/h1-10H,11-13H2,(H,28,32). The van der Waals surface area contributed by atoms with E-state index < -0.39 is 11.7 Å². The van der Waals surface area contributed by atoms with Gasteiger partial charge in [0, 0.05) is 17.8 Å². The van der Waals surface area contributed by atoms with E-state index in [1.54, 1.807) is 23.2 Å². The number of hydrogen-bond acceptors (Lipinski definition) is 4. The van der Waals surface area contributed by atoms with E-state index in [9.17, 15) is 13.2 Å². The lowest BCUT2D eigenvalue weighted by molar-refractivity contribution is -0.136. The number of anilines is 1. The van der Waals surface area contributed by atoms with Crippen LogP contribution in [-0.2, 0) is 19.3 Å². The molecule has 0 amide bonds. The fraction of sp³-hybridized carbons (Fsp3) is 0.182. The van der Waals surface area contributed by atoms with Crippen molar-refractivity contribution in [2.24, 2.45) is 0 Å². The lowest BCUT2D eigenvalue weighted by atomic mass is 10.1. The third-order valence-corrected chi connectivity index (χ3v) is 5.30. The van der Waals surface area contributed by atoms with Crippen molar-refractivity contribution in [2.75, 3.05) is 12.1 Å². The molecule has 0 radical (unpaired) electrons. The van der Waals surface area contributed by atoms with Gasteiger partial charge in [0.1, 0.15) is 0 Å². The van der Waals surface area contributed by atoms with Crippen molar-refractivity contribution >= 4 is 34.6 Å². The van der Waals surface area contributed by atoms with Crippen LogP contribution in [0.15, 0.2) is 60.8 Å². The summed E-state index contributed by atoms with van der Waals surface area (Å²) in [5.74, 6) is 1.24. The van der Waals surface area contributed by atoms with Crippen LogP contribution in [0.1, 0.15) is 16.8 Å². The van der Waals surface area contributed by atoms with Gasteiger partial charge in [-0.25, -0.2) is 0 Å². The van der Waals surface area contributed by atoms with E-state index in [1.165, 1.54) is 12.1 Å². The molecule has 1 N–H and O–H groups in total. The Morgan fingerprint density at radius 2 is 1.88 bits per heavy atom. The van der Waals surface area contributed by atoms with Gasteiger partial charge in [0.25, 0.3) is 0 Å². The first kappa shape index (κ1) is 22.2.